The van der Waals surface area contributed by atoms with Crippen molar-refractivity contribution in [3.05, 3.63) is 12.4 Å². The highest BCUT2D eigenvalue weighted by Gasteiger charge is 2.12. The van der Waals surface area contributed by atoms with Gasteiger partial charge in [-0.15, -0.1) is 11.8 Å². The number of aliphatic imine (C=N–C) groups is 1. The van der Waals surface area contributed by atoms with Crippen molar-refractivity contribution in [2.24, 2.45) is 10.7 Å². The van der Waals surface area contributed by atoms with Gasteiger partial charge in [-0.05, 0) is 6.92 Å². The molecule has 3 N–H and O–H groups in total. The lowest BCUT2D eigenvalue weighted by atomic mass is 10.5. The van der Waals surface area contributed by atoms with Crippen LogP contribution < -0.4 is 11.1 Å². The smallest absolute Gasteiger partial charge is 0.306 e. The van der Waals surface area contributed by atoms with Crippen LogP contribution in [0, 0.1) is 0 Å². The van der Waals surface area contributed by atoms with E-state index in [2.05, 4.69) is 10.3 Å². The van der Waals surface area contributed by atoms with E-state index in [0.717, 1.165) is 5.04 Å². The summed E-state index contributed by atoms with van der Waals surface area (Å²) in [6.07, 6.45) is 3.46. The topological polar surface area (TPSA) is 76.7 Å². The average molecular weight is 229 g/mol. The van der Waals surface area contributed by atoms with Crippen LogP contribution in [0.5, 0.6) is 0 Å². The van der Waals surface area contributed by atoms with Gasteiger partial charge >= 0.3 is 5.97 Å². The average Bonchev–Trinajstić information content (AvgIpc) is 2.21. The van der Waals surface area contributed by atoms with Crippen molar-refractivity contribution in [3.63, 3.8) is 0 Å². The monoisotopic (exact) mass is 229 g/mol. The number of nitrogens with zero attached hydrogens (tertiary/aromatic N) is 1. The highest BCUT2D eigenvalue weighted by molar-refractivity contribution is 8.14. The summed E-state index contributed by atoms with van der Waals surface area (Å²) < 4.78 is 4.81. The molecule has 0 bridgehead atoms. The first kappa shape index (κ1) is 12.1. The second-order valence-electron chi connectivity index (χ2n) is 2.83. The van der Waals surface area contributed by atoms with Crippen molar-refractivity contribution >= 4 is 22.8 Å². The van der Waals surface area contributed by atoms with Crippen LogP contribution >= 0.6 is 11.8 Å². The normalized spacial score (nSPS) is 19.3. The van der Waals surface area contributed by atoms with Crippen LogP contribution in [0.15, 0.2) is 17.4 Å². The summed E-state index contributed by atoms with van der Waals surface area (Å²) in [7, 11) is 0. The molecule has 84 valence electrons. The number of rotatable bonds is 4. The number of nitrogens with one attached hydrogen (secondary N) is 1. The summed E-state index contributed by atoms with van der Waals surface area (Å²) in [4.78, 5) is 15.1. The molecule has 0 aromatic rings. The van der Waals surface area contributed by atoms with Gasteiger partial charge in [0.05, 0.1) is 13.0 Å². The molecule has 0 radical (unpaired) electrons. The number of nitrogens with two attached hydrogens (primary N) is 1. The Morgan fingerprint density at radius 2 is 2.60 bits per heavy atom. The number of hydrogen-bond acceptors (Lipinski definition) is 6. The Morgan fingerprint density at radius 1 is 1.80 bits per heavy atom. The molecule has 0 aliphatic carbocycles. The molecular formula is C9H15N3O2S. The third kappa shape index (κ3) is 4.35. The molecule has 1 unspecified atom stereocenters. The Balaban J connectivity index is 2.22. The van der Waals surface area contributed by atoms with Crippen LogP contribution in [0.4, 0.5) is 0 Å². The van der Waals surface area contributed by atoms with Crippen LogP contribution in [0.25, 0.3) is 0 Å². The van der Waals surface area contributed by atoms with Crippen molar-refractivity contribution < 1.29 is 9.53 Å². The Bertz CT molecular complexity index is 279. The SMILES string of the molecule is CCOC(=O)CCSC1=NC=CNC1N. The maximum absolute atomic E-state index is 11.0. The van der Waals surface area contributed by atoms with Gasteiger partial charge in [0.25, 0.3) is 0 Å². The van der Waals surface area contributed by atoms with Gasteiger partial charge in [-0.25, -0.2) is 4.99 Å². The van der Waals surface area contributed by atoms with Crippen LogP contribution in [0.3, 0.4) is 0 Å². The van der Waals surface area contributed by atoms with E-state index in [9.17, 15) is 4.79 Å². The first-order chi connectivity index (χ1) is 7.24. The predicted octanol–water partition coefficient (Wildman–Crippen LogP) is 0.431. The summed E-state index contributed by atoms with van der Waals surface area (Å²) in [6.45, 7) is 2.22. The summed E-state index contributed by atoms with van der Waals surface area (Å²) in [6, 6.07) is 0. The molecule has 1 atom stereocenters. The van der Waals surface area contributed by atoms with Gasteiger partial charge in [0.15, 0.2) is 0 Å². The maximum Gasteiger partial charge on any atom is 0.306 e. The van der Waals surface area contributed by atoms with Gasteiger partial charge in [0.2, 0.25) is 0 Å². The molecule has 0 spiro atoms. The minimum Gasteiger partial charge on any atom is -0.466 e. The fourth-order valence-electron chi connectivity index (χ4n) is 1.01. The lowest BCUT2D eigenvalue weighted by molar-refractivity contribution is -0.142. The fraction of sp³-hybridized carbons (Fsp3) is 0.556. The standard InChI is InChI=1S/C9H15N3O2S/c1-2-14-7(13)3-6-15-9-8(10)11-4-5-12-9/h4-5,8,11H,2-3,6,10H2,1H3. The van der Waals surface area contributed by atoms with Crippen molar-refractivity contribution in [3.8, 4) is 0 Å². The van der Waals surface area contributed by atoms with E-state index >= 15 is 0 Å². The van der Waals surface area contributed by atoms with Crippen LogP contribution in [-0.2, 0) is 9.53 Å². The van der Waals surface area contributed by atoms with Crippen molar-refractivity contribution in [1.82, 2.24) is 5.32 Å². The lowest BCUT2D eigenvalue weighted by Crippen LogP contribution is -2.41. The summed E-state index contributed by atoms with van der Waals surface area (Å²) in [5.41, 5.74) is 5.72. The quantitative estimate of drug-likeness (QED) is 0.684. The van der Waals surface area contributed by atoms with Gasteiger partial charge in [-0.3, -0.25) is 4.79 Å². The minimum atomic E-state index is -0.262. The Morgan fingerprint density at radius 3 is 3.27 bits per heavy atom. The number of carbonyl (C=O) groups is 1. The van der Waals surface area contributed by atoms with E-state index in [0.29, 0.717) is 18.8 Å². The van der Waals surface area contributed by atoms with Gasteiger partial charge in [-0.1, -0.05) is 0 Å². The fourth-order valence-corrected chi connectivity index (χ4v) is 1.87. The molecule has 0 amide bonds. The summed E-state index contributed by atoms with van der Waals surface area (Å²) in [5, 5.41) is 3.72. The molecule has 0 saturated heterocycles. The Labute approximate surface area is 93.1 Å². The highest BCUT2D eigenvalue weighted by Crippen LogP contribution is 2.10. The van der Waals surface area contributed by atoms with E-state index in [1.54, 1.807) is 19.3 Å². The van der Waals surface area contributed by atoms with Crippen LogP contribution in [0.2, 0.25) is 0 Å². The highest BCUT2D eigenvalue weighted by atomic mass is 32.2. The molecule has 1 aliphatic rings. The third-order valence-corrected chi connectivity index (χ3v) is 2.74. The second-order valence-corrected chi connectivity index (χ2v) is 3.95. The zero-order valence-corrected chi connectivity index (χ0v) is 9.42. The lowest BCUT2D eigenvalue weighted by Gasteiger charge is -2.16. The van der Waals surface area contributed by atoms with E-state index < -0.39 is 0 Å². The largest absolute Gasteiger partial charge is 0.466 e. The molecule has 1 rings (SSSR count). The maximum atomic E-state index is 11.0. The van der Waals surface area contributed by atoms with E-state index in [1.807, 2.05) is 0 Å². The van der Waals surface area contributed by atoms with Crippen molar-refractivity contribution in [2.45, 2.75) is 19.5 Å². The van der Waals surface area contributed by atoms with Crippen LogP contribution in [-0.4, -0.2) is 29.5 Å². The van der Waals surface area contributed by atoms with Crippen molar-refractivity contribution in [2.75, 3.05) is 12.4 Å². The van der Waals surface area contributed by atoms with Gasteiger partial charge in [-0.2, -0.15) is 0 Å². The molecule has 1 heterocycles. The molecule has 6 heteroatoms. The molecule has 0 aromatic heterocycles. The minimum absolute atomic E-state index is 0.182. The zero-order valence-electron chi connectivity index (χ0n) is 8.60. The van der Waals surface area contributed by atoms with Gasteiger partial charge < -0.3 is 15.8 Å². The first-order valence-electron chi connectivity index (χ1n) is 4.76. The zero-order chi connectivity index (χ0) is 11.1. The van der Waals surface area contributed by atoms with E-state index in [4.69, 9.17) is 10.5 Å². The molecule has 15 heavy (non-hydrogen) atoms. The number of thioether (sulfide) groups is 1. The van der Waals surface area contributed by atoms with E-state index in [1.165, 1.54) is 11.8 Å². The Hall–Kier alpha value is -1.01. The predicted molar refractivity (Wildman–Crippen MR) is 61.4 cm³/mol. The van der Waals surface area contributed by atoms with E-state index in [-0.39, 0.29) is 12.1 Å². The number of esters is 1. The number of ether oxygens (including phenoxy) is 1. The Kier molecular flexibility index (Phi) is 5.20. The first-order valence-corrected chi connectivity index (χ1v) is 5.75. The summed E-state index contributed by atoms with van der Waals surface area (Å²) in [5.74, 6) is 0.458. The molecule has 0 fully saturated rings. The summed E-state index contributed by atoms with van der Waals surface area (Å²) >= 11 is 1.47. The number of carbonyl (C=O) groups excluding carboxylic acids is 1. The molecular weight excluding hydrogens is 214 g/mol. The molecule has 0 saturated carbocycles. The van der Waals surface area contributed by atoms with Gasteiger partial charge in [0, 0.05) is 18.2 Å². The molecule has 1 aliphatic heterocycles. The van der Waals surface area contributed by atoms with Crippen molar-refractivity contribution in [1.29, 1.82) is 0 Å². The van der Waals surface area contributed by atoms with Crippen LogP contribution in [0.1, 0.15) is 13.3 Å². The third-order valence-electron chi connectivity index (χ3n) is 1.68. The van der Waals surface area contributed by atoms with Gasteiger partial charge in [0.1, 0.15) is 11.2 Å². The second kappa shape index (κ2) is 6.47. The number of hydrogen-bond donors (Lipinski definition) is 2. The molecule has 0 aromatic carbocycles. The molecule has 5 nitrogen and oxygen atoms in total.